The molecular weight excluding hydrogens is 392 g/mol. The highest BCUT2D eigenvalue weighted by Gasteiger charge is 2.38. The Kier molecular flexibility index (Phi) is 6.18. The zero-order valence-electron chi connectivity index (χ0n) is 14.7. The van der Waals surface area contributed by atoms with Crippen LogP contribution in [-0.4, -0.2) is 53.7 Å². The highest BCUT2D eigenvalue weighted by molar-refractivity contribution is 7.89. The molecule has 2 aromatic rings. The van der Waals surface area contributed by atoms with Crippen LogP contribution in [0.2, 0.25) is 5.15 Å². The summed E-state index contributed by atoms with van der Waals surface area (Å²) in [5.41, 5.74) is 0.777. The van der Waals surface area contributed by atoms with Crippen LogP contribution in [0, 0.1) is 0 Å². The van der Waals surface area contributed by atoms with Gasteiger partial charge in [-0.2, -0.15) is 4.31 Å². The molecule has 3 rings (SSSR count). The van der Waals surface area contributed by atoms with Gasteiger partial charge >= 0.3 is 5.97 Å². The van der Waals surface area contributed by atoms with Crippen molar-refractivity contribution in [3.05, 3.63) is 35.5 Å². The number of unbranched alkanes of at least 4 members (excludes halogenated alkanes) is 1. The second kappa shape index (κ2) is 8.41. The lowest BCUT2D eigenvalue weighted by molar-refractivity contribution is -0.140. The maximum atomic E-state index is 12.4. The summed E-state index contributed by atoms with van der Waals surface area (Å²) in [6.45, 7) is 0.662. The van der Waals surface area contributed by atoms with Gasteiger partial charge in [0.25, 0.3) is 0 Å². The van der Waals surface area contributed by atoms with Crippen molar-refractivity contribution in [2.24, 2.45) is 0 Å². The Morgan fingerprint density at radius 3 is 2.89 bits per heavy atom. The molecule has 7 nitrogen and oxygen atoms in total. The smallest absolute Gasteiger partial charge is 0.322 e. The van der Waals surface area contributed by atoms with Gasteiger partial charge in [-0.05, 0) is 56.0 Å². The Morgan fingerprint density at radius 1 is 1.30 bits per heavy atom. The first-order chi connectivity index (χ1) is 12.9. The van der Waals surface area contributed by atoms with Crippen LogP contribution < -0.4 is 4.74 Å². The molecule has 1 aliphatic heterocycles. The number of hydrogen-bond donors (Lipinski definition) is 1. The van der Waals surface area contributed by atoms with Crippen molar-refractivity contribution in [1.29, 1.82) is 0 Å². The highest BCUT2D eigenvalue weighted by atomic mass is 35.5. The van der Waals surface area contributed by atoms with Crippen LogP contribution in [0.1, 0.15) is 25.7 Å². The van der Waals surface area contributed by atoms with Gasteiger partial charge in [-0.1, -0.05) is 11.6 Å². The Morgan fingerprint density at radius 2 is 2.11 bits per heavy atom. The molecule has 0 amide bonds. The average Bonchev–Trinajstić information content (AvgIpc) is 3.12. The summed E-state index contributed by atoms with van der Waals surface area (Å²) >= 11 is 5.86. The number of rotatable bonds is 8. The minimum Gasteiger partial charge on any atom is -0.494 e. The topological polar surface area (TPSA) is 96.8 Å². The van der Waals surface area contributed by atoms with E-state index in [0.717, 1.165) is 15.2 Å². The van der Waals surface area contributed by atoms with Crippen LogP contribution in [0.5, 0.6) is 5.75 Å². The summed E-state index contributed by atoms with van der Waals surface area (Å²) in [4.78, 5) is 15.4. The molecule has 2 heterocycles. The van der Waals surface area contributed by atoms with Crippen LogP contribution in [0.4, 0.5) is 0 Å². The van der Waals surface area contributed by atoms with Crippen LogP contribution in [0.3, 0.4) is 0 Å². The number of carboxylic acid groups (broad SMARTS) is 1. The van der Waals surface area contributed by atoms with Gasteiger partial charge in [-0.15, -0.1) is 0 Å². The predicted molar refractivity (Wildman–Crippen MR) is 103 cm³/mol. The zero-order chi connectivity index (χ0) is 19.4. The second-order valence-corrected chi connectivity index (χ2v) is 8.90. The van der Waals surface area contributed by atoms with Crippen molar-refractivity contribution in [1.82, 2.24) is 9.29 Å². The molecular formula is C18H21ClN2O5S. The van der Waals surface area contributed by atoms with Gasteiger partial charge in [0, 0.05) is 11.9 Å². The molecule has 9 heteroatoms. The van der Waals surface area contributed by atoms with E-state index in [2.05, 4.69) is 4.98 Å². The van der Waals surface area contributed by atoms with Gasteiger partial charge in [-0.3, -0.25) is 4.79 Å². The van der Waals surface area contributed by atoms with Gasteiger partial charge in [-0.25, -0.2) is 13.4 Å². The summed E-state index contributed by atoms with van der Waals surface area (Å²) in [6.07, 6.45) is 1.93. The number of hydrogen-bond acceptors (Lipinski definition) is 5. The maximum absolute atomic E-state index is 12.4. The molecule has 1 aromatic heterocycles. The number of aliphatic carboxylic acids is 1. The quantitative estimate of drug-likeness (QED) is 0.529. The number of ether oxygens (including phenoxy) is 1. The summed E-state index contributed by atoms with van der Waals surface area (Å²) in [5, 5.41) is 10.5. The van der Waals surface area contributed by atoms with E-state index in [4.69, 9.17) is 21.4 Å². The standard InChI is InChI=1S/C18H21ClN2O5S/c19-17-8-5-13-12-14(6-7-15(13)20-17)26-10-1-2-11-27(24,25)21-9-3-4-16(21)18(22)23/h5-8,12,16H,1-4,9-11H2,(H,22,23)/t16-/m0/s1. The van der Waals surface area contributed by atoms with Crippen molar-refractivity contribution < 1.29 is 23.1 Å². The molecule has 0 spiro atoms. The van der Waals surface area contributed by atoms with Crippen molar-refractivity contribution in [2.75, 3.05) is 18.9 Å². The minimum absolute atomic E-state index is 0.0692. The fraction of sp³-hybridized carbons (Fsp3) is 0.444. The van der Waals surface area contributed by atoms with E-state index in [1.807, 2.05) is 18.2 Å². The lowest BCUT2D eigenvalue weighted by Crippen LogP contribution is -2.41. The monoisotopic (exact) mass is 412 g/mol. The molecule has 27 heavy (non-hydrogen) atoms. The Labute approximate surface area is 163 Å². The number of benzene rings is 1. The van der Waals surface area contributed by atoms with E-state index in [9.17, 15) is 13.2 Å². The third-order valence-electron chi connectivity index (χ3n) is 4.54. The lowest BCUT2D eigenvalue weighted by Gasteiger charge is -2.20. The SMILES string of the molecule is O=C(O)[C@@H]1CCCN1S(=O)(=O)CCCCOc1ccc2nc(Cl)ccc2c1. The lowest BCUT2D eigenvalue weighted by atomic mass is 10.2. The van der Waals surface area contributed by atoms with Crippen LogP contribution in [-0.2, 0) is 14.8 Å². The molecule has 0 aliphatic carbocycles. The van der Waals surface area contributed by atoms with E-state index in [-0.39, 0.29) is 12.3 Å². The molecule has 1 fully saturated rings. The second-order valence-electron chi connectivity index (χ2n) is 6.47. The summed E-state index contributed by atoms with van der Waals surface area (Å²) in [5.74, 6) is -0.466. The number of halogens is 1. The van der Waals surface area contributed by atoms with E-state index in [0.29, 0.717) is 43.2 Å². The largest absolute Gasteiger partial charge is 0.494 e. The van der Waals surface area contributed by atoms with Gasteiger partial charge in [0.15, 0.2) is 0 Å². The van der Waals surface area contributed by atoms with Crippen LogP contribution in [0.25, 0.3) is 10.9 Å². The minimum atomic E-state index is -3.56. The van der Waals surface area contributed by atoms with Gasteiger partial charge < -0.3 is 9.84 Å². The summed E-state index contributed by atoms with van der Waals surface area (Å²) < 4.78 is 31.5. The molecule has 0 unspecified atom stereocenters. The van der Waals surface area contributed by atoms with Crippen molar-refractivity contribution in [3.63, 3.8) is 0 Å². The molecule has 1 N–H and O–H groups in total. The number of sulfonamides is 1. The third kappa shape index (κ3) is 4.88. The normalized spacial score (nSPS) is 18.0. The number of carboxylic acids is 1. The molecule has 0 radical (unpaired) electrons. The maximum Gasteiger partial charge on any atom is 0.322 e. The molecule has 1 aliphatic rings. The average molecular weight is 413 g/mol. The number of aromatic nitrogens is 1. The first-order valence-electron chi connectivity index (χ1n) is 8.78. The zero-order valence-corrected chi connectivity index (χ0v) is 16.2. The third-order valence-corrected chi connectivity index (χ3v) is 6.70. The summed E-state index contributed by atoms with van der Waals surface area (Å²) in [6, 6.07) is 8.12. The first-order valence-corrected chi connectivity index (χ1v) is 10.8. The van der Waals surface area contributed by atoms with Crippen molar-refractivity contribution in [3.8, 4) is 5.75 Å². The molecule has 1 aromatic carbocycles. The van der Waals surface area contributed by atoms with E-state index in [1.54, 1.807) is 12.1 Å². The van der Waals surface area contributed by atoms with Gasteiger partial charge in [0.2, 0.25) is 10.0 Å². The Hall–Kier alpha value is -1.90. The first kappa shape index (κ1) is 19.9. The molecule has 1 atom stereocenters. The summed E-state index contributed by atoms with van der Waals surface area (Å²) in [7, 11) is -3.56. The van der Waals surface area contributed by atoms with Crippen LogP contribution in [0.15, 0.2) is 30.3 Å². The van der Waals surface area contributed by atoms with E-state index in [1.165, 1.54) is 0 Å². The fourth-order valence-corrected chi connectivity index (χ4v) is 5.13. The number of fused-ring (bicyclic) bond motifs is 1. The number of pyridine rings is 1. The highest BCUT2D eigenvalue weighted by Crippen LogP contribution is 2.23. The Bertz CT molecular complexity index is 934. The number of nitrogens with zero attached hydrogens (tertiary/aromatic N) is 2. The molecule has 0 bridgehead atoms. The molecule has 0 saturated carbocycles. The fourth-order valence-electron chi connectivity index (χ4n) is 3.18. The molecule has 146 valence electrons. The Balaban J connectivity index is 1.47. The van der Waals surface area contributed by atoms with Crippen molar-refractivity contribution in [2.45, 2.75) is 31.7 Å². The van der Waals surface area contributed by atoms with Gasteiger partial charge in [0.1, 0.15) is 16.9 Å². The van der Waals surface area contributed by atoms with E-state index < -0.39 is 22.0 Å². The van der Waals surface area contributed by atoms with Crippen LogP contribution >= 0.6 is 11.6 Å². The molecule has 1 saturated heterocycles. The van der Waals surface area contributed by atoms with E-state index >= 15 is 0 Å². The van der Waals surface area contributed by atoms with Crippen molar-refractivity contribution >= 4 is 38.5 Å². The number of carbonyl (C=O) groups is 1. The van der Waals surface area contributed by atoms with Gasteiger partial charge in [0.05, 0.1) is 17.9 Å². The predicted octanol–water partition coefficient (Wildman–Crippen LogP) is 2.93.